The van der Waals surface area contributed by atoms with Crippen LogP contribution in [0.1, 0.15) is 17.3 Å². The Bertz CT molecular complexity index is 564. The number of ether oxygens (including phenoxy) is 1. The molecule has 3 nitrogen and oxygen atoms in total. The van der Waals surface area contributed by atoms with Gasteiger partial charge in [0.15, 0.2) is 5.78 Å². The van der Waals surface area contributed by atoms with E-state index in [1.165, 1.54) is 11.8 Å². The Labute approximate surface area is 123 Å². The zero-order chi connectivity index (χ0) is 14.4. The van der Waals surface area contributed by atoms with E-state index in [1.54, 1.807) is 12.1 Å². The number of Topliss-reactive ketones (excluding diaryl/α,β-unsaturated/α-hetero) is 1. The SMILES string of the molecule is CCOc1ccc(C(=O)CSc2ccc(N)cc2)cc1. The molecule has 2 rings (SSSR count). The molecular formula is C16H17NO2S. The Morgan fingerprint density at radius 1 is 1.10 bits per heavy atom. The molecular weight excluding hydrogens is 270 g/mol. The van der Waals surface area contributed by atoms with Crippen LogP contribution in [0.3, 0.4) is 0 Å². The van der Waals surface area contributed by atoms with Gasteiger partial charge in [-0.15, -0.1) is 11.8 Å². The minimum Gasteiger partial charge on any atom is -0.494 e. The van der Waals surface area contributed by atoms with Crippen LogP contribution in [0.25, 0.3) is 0 Å². The lowest BCUT2D eigenvalue weighted by Crippen LogP contribution is -2.02. The molecule has 2 aromatic carbocycles. The molecule has 20 heavy (non-hydrogen) atoms. The maximum atomic E-state index is 12.1. The summed E-state index contributed by atoms with van der Waals surface area (Å²) >= 11 is 1.51. The molecule has 0 heterocycles. The molecule has 0 unspecified atom stereocenters. The number of benzene rings is 2. The van der Waals surface area contributed by atoms with Crippen LogP contribution < -0.4 is 10.5 Å². The predicted octanol–water partition coefficient (Wildman–Crippen LogP) is 3.64. The van der Waals surface area contributed by atoms with Crippen molar-refractivity contribution >= 4 is 23.2 Å². The molecule has 0 aliphatic rings. The van der Waals surface area contributed by atoms with E-state index in [0.717, 1.165) is 16.3 Å². The summed E-state index contributed by atoms with van der Waals surface area (Å²) in [4.78, 5) is 13.1. The van der Waals surface area contributed by atoms with Gasteiger partial charge >= 0.3 is 0 Å². The van der Waals surface area contributed by atoms with Crippen molar-refractivity contribution in [1.29, 1.82) is 0 Å². The molecule has 0 aliphatic carbocycles. The summed E-state index contributed by atoms with van der Waals surface area (Å²) in [6.45, 7) is 2.56. The van der Waals surface area contributed by atoms with Crippen molar-refractivity contribution < 1.29 is 9.53 Å². The van der Waals surface area contributed by atoms with Gasteiger partial charge in [0.1, 0.15) is 5.75 Å². The zero-order valence-corrected chi connectivity index (χ0v) is 12.2. The Morgan fingerprint density at radius 3 is 2.35 bits per heavy atom. The monoisotopic (exact) mass is 287 g/mol. The normalized spacial score (nSPS) is 10.2. The lowest BCUT2D eigenvalue weighted by molar-refractivity contribution is 0.102. The van der Waals surface area contributed by atoms with Crippen LogP contribution in [-0.2, 0) is 0 Å². The van der Waals surface area contributed by atoms with E-state index in [2.05, 4.69) is 0 Å². The van der Waals surface area contributed by atoms with E-state index >= 15 is 0 Å². The molecule has 2 N–H and O–H groups in total. The Hall–Kier alpha value is -1.94. The molecule has 0 aromatic heterocycles. The first kappa shape index (κ1) is 14.5. The average molecular weight is 287 g/mol. The molecule has 0 spiro atoms. The highest BCUT2D eigenvalue weighted by atomic mass is 32.2. The number of hydrogen-bond donors (Lipinski definition) is 1. The first-order valence-electron chi connectivity index (χ1n) is 6.43. The number of ketones is 1. The summed E-state index contributed by atoms with van der Waals surface area (Å²) in [5.41, 5.74) is 7.06. The second-order valence-corrected chi connectivity index (χ2v) is 5.29. The van der Waals surface area contributed by atoms with Gasteiger partial charge in [-0.25, -0.2) is 0 Å². The van der Waals surface area contributed by atoms with E-state index in [0.29, 0.717) is 17.9 Å². The van der Waals surface area contributed by atoms with Gasteiger partial charge in [-0.2, -0.15) is 0 Å². The maximum Gasteiger partial charge on any atom is 0.173 e. The van der Waals surface area contributed by atoms with Crippen molar-refractivity contribution in [2.24, 2.45) is 0 Å². The fourth-order valence-electron chi connectivity index (χ4n) is 1.70. The van der Waals surface area contributed by atoms with Crippen molar-refractivity contribution in [3.8, 4) is 5.75 Å². The molecule has 0 fully saturated rings. The summed E-state index contributed by atoms with van der Waals surface area (Å²) in [6.07, 6.45) is 0. The number of hydrogen-bond acceptors (Lipinski definition) is 4. The van der Waals surface area contributed by atoms with Crippen LogP contribution in [0.15, 0.2) is 53.4 Å². The van der Waals surface area contributed by atoms with Crippen LogP contribution in [0, 0.1) is 0 Å². The Morgan fingerprint density at radius 2 is 1.75 bits per heavy atom. The minimum absolute atomic E-state index is 0.106. The number of carbonyl (C=O) groups is 1. The number of thioether (sulfide) groups is 1. The number of carbonyl (C=O) groups excluding carboxylic acids is 1. The van der Waals surface area contributed by atoms with Crippen molar-refractivity contribution in [3.63, 3.8) is 0 Å². The first-order valence-corrected chi connectivity index (χ1v) is 7.42. The zero-order valence-electron chi connectivity index (χ0n) is 11.3. The fraction of sp³-hybridized carbons (Fsp3) is 0.188. The highest BCUT2D eigenvalue weighted by Crippen LogP contribution is 2.21. The molecule has 0 saturated carbocycles. The Balaban J connectivity index is 1.92. The van der Waals surface area contributed by atoms with Gasteiger partial charge in [-0.1, -0.05) is 0 Å². The van der Waals surface area contributed by atoms with E-state index in [9.17, 15) is 4.79 Å². The third kappa shape index (κ3) is 4.03. The maximum absolute atomic E-state index is 12.1. The molecule has 0 saturated heterocycles. The van der Waals surface area contributed by atoms with Gasteiger partial charge in [-0.3, -0.25) is 4.79 Å². The highest BCUT2D eigenvalue weighted by Gasteiger charge is 2.07. The van der Waals surface area contributed by atoms with Gasteiger partial charge in [0.05, 0.1) is 12.4 Å². The van der Waals surface area contributed by atoms with Gasteiger partial charge in [0.2, 0.25) is 0 Å². The lowest BCUT2D eigenvalue weighted by Gasteiger charge is -2.05. The van der Waals surface area contributed by atoms with Crippen molar-refractivity contribution in [2.45, 2.75) is 11.8 Å². The van der Waals surface area contributed by atoms with E-state index in [-0.39, 0.29) is 5.78 Å². The summed E-state index contributed by atoms with van der Waals surface area (Å²) in [5, 5.41) is 0. The van der Waals surface area contributed by atoms with Gasteiger partial charge in [0, 0.05) is 16.1 Å². The minimum atomic E-state index is 0.106. The van der Waals surface area contributed by atoms with Gasteiger partial charge in [-0.05, 0) is 55.5 Å². The summed E-state index contributed by atoms with van der Waals surface area (Å²) in [6, 6.07) is 14.8. The number of rotatable bonds is 6. The smallest absolute Gasteiger partial charge is 0.173 e. The lowest BCUT2D eigenvalue weighted by atomic mass is 10.1. The second-order valence-electron chi connectivity index (χ2n) is 4.24. The fourth-order valence-corrected chi connectivity index (χ4v) is 2.49. The topological polar surface area (TPSA) is 52.3 Å². The Kier molecular flexibility index (Phi) is 5.07. The summed E-state index contributed by atoms with van der Waals surface area (Å²) < 4.78 is 5.35. The van der Waals surface area contributed by atoms with E-state index < -0.39 is 0 Å². The van der Waals surface area contributed by atoms with Crippen LogP contribution >= 0.6 is 11.8 Å². The van der Waals surface area contributed by atoms with Crippen LogP contribution in [0.4, 0.5) is 5.69 Å². The van der Waals surface area contributed by atoms with Crippen molar-refractivity contribution in [1.82, 2.24) is 0 Å². The molecule has 2 aromatic rings. The van der Waals surface area contributed by atoms with Crippen LogP contribution in [-0.4, -0.2) is 18.1 Å². The molecule has 0 bridgehead atoms. The average Bonchev–Trinajstić information content (AvgIpc) is 2.47. The molecule has 0 aliphatic heterocycles. The van der Waals surface area contributed by atoms with Crippen LogP contribution in [0.5, 0.6) is 5.75 Å². The number of nitrogens with two attached hydrogens (primary N) is 1. The summed E-state index contributed by atoms with van der Waals surface area (Å²) in [5.74, 6) is 1.31. The van der Waals surface area contributed by atoms with E-state index in [4.69, 9.17) is 10.5 Å². The predicted molar refractivity (Wildman–Crippen MR) is 83.5 cm³/mol. The molecule has 4 heteroatoms. The standard InChI is InChI=1S/C16H17NO2S/c1-2-19-14-7-3-12(4-8-14)16(18)11-20-15-9-5-13(17)6-10-15/h3-10H,2,11,17H2,1H3. The second kappa shape index (κ2) is 7.01. The molecule has 0 radical (unpaired) electrons. The van der Waals surface area contributed by atoms with Crippen LogP contribution in [0.2, 0.25) is 0 Å². The molecule has 0 amide bonds. The highest BCUT2D eigenvalue weighted by molar-refractivity contribution is 8.00. The van der Waals surface area contributed by atoms with E-state index in [1.807, 2.05) is 43.3 Å². The molecule has 0 atom stereocenters. The van der Waals surface area contributed by atoms with Crippen molar-refractivity contribution in [3.05, 3.63) is 54.1 Å². The number of nitrogen functional groups attached to an aromatic ring is 1. The largest absolute Gasteiger partial charge is 0.494 e. The third-order valence-electron chi connectivity index (χ3n) is 2.74. The molecule has 104 valence electrons. The first-order chi connectivity index (χ1) is 9.69. The van der Waals surface area contributed by atoms with Gasteiger partial charge in [0.25, 0.3) is 0 Å². The quantitative estimate of drug-likeness (QED) is 0.500. The third-order valence-corrected chi connectivity index (χ3v) is 3.75. The van der Waals surface area contributed by atoms with Gasteiger partial charge < -0.3 is 10.5 Å². The summed E-state index contributed by atoms with van der Waals surface area (Å²) in [7, 11) is 0. The van der Waals surface area contributed by atoms with Crippen molar-refractivity contribution in [2.75, 3.05) is 18.1 Å². The number of anilines is 1.